The molecule has 0 aliphatic carbocycles. The van der Waals surface area contributed by atoms with Crippen molar-refractivity contribution in [1.82, 2.24) is 0 Å². The zero-order valence-electron chi connectivity index (χ0n) is 13.2. The van der Waals surface area contributed by atoms with Crippen molar-refractivity contribution in [2.45, 2.75) is 6.18 Å². The van der Waals surface area contributed by atoms with Crippen LogP contribution in [0.5, 0.6) is 5.75 Å². The molecule has 0 bridgehead atoms. The highest BCUT2D eigenvalue weighted by molar-refractivity contribution is 5.95. The number of nitrogens with zero attached hydrogens (tertiary/aromatic N) is 1. The third kappa shape index (κ3) is 3.60. The first-order valence-corrected chi connectivity index (χ1v) is 7.39. The standard InChI is InChI=1S/C18H14F3NO3/c1-24-14-6-4-5-12(9-14)13-10-17(23)25-22(11-13)16-8-3-2-7-15(16)18(19,20)21/h2-10H,11H2,1H3. The van der Waals surface area contributed by atoms with Crippen molar-refractivity contribution in [2.75, 3.05) is 18.7 Å². The minimum Gasteiger partial charge on any atom is -0.497 e. The Bertz CT molecular complexity index is 830. The van der Waals surface area contributed by atoms with E-state index >= 15 is 0 Å². The Morgan fingerprint density at radius 3 is 2.60 bits per heavy atom. The van der Waals surface area contributed by atoms with E-state index in [4.69, 9.17) is 9.57 Å². The van der Waals surface area contributed by atoms with E-state index in [2.05, 4.69) is 0 Å². The van der Waals surface area contributed by atoms with E-state index in [1.165, 1.54) is 31.4 Å². The van der Waals surface area contributed by atoms with Gasteiger partial charge in [0.2, 0.25) is 0 Å². The number of hydrogen-bond donors (Lipinski definition) is 0. The number of alkyl halides is 3. The molecule has 1 heterocycles. The van der Waals surface area contributed by atoms with E-state index in [1.54, 1.807) is 24.3 Å². The van der Waals surface area contributed by atoms with Gasteiger partial charge in [-0.05, 0) is 35.4 Å². The second-order valence-electron chi connectivity index (χ2n) is 5.36. The summed E-state index contributed by atoms with van der Waals surface area (Å²) in [7, 11) is 1.51. The van der Waals surface area contributed by atoms with Crippen LogP contribution in [-0.4, -0.2) is 19.6 Å². The Balaban J connectivity index is 1.97. The van der Waals surface area contributed by atoms with Gasteiger partial charge in [-0.15, -0.1) is 0 Å². The van der Waals surface area contributed by atoms with Gasteiger partial charge in [0.1, 0.15) is 5.75 Å². The zero-order chi connectivity index (χ0) is 18.0. The summed E-state index contributed by atoms with van der Waals surface area (Å²) in [6, 6.07) is 11.9. The molecule has 0 spiro atoms. The number of anilines is 1. The molecular weight excluding hydrogens is 335 g/mol. The average Bonchev–Trinajstić information content (AvgIpc) is 2.60. The fourth-order valence-corrected chi connectivity index (χ4v) is 2.57. The molecule has 0 unspecified atom stereocenters. The minimum absolute atomic E-state index is 0.00794. The number of rotatable bonds is 3. The number of methoxy groups -OCH3 is 1. The topological polar surface area (TPSA) is 38.8 Å². The number of carbonyl (C=O) groups is 1. The smallest absolute Gasteiger partial charge is 0.418 e. The predicted molar refractivity (Wildman–Crippen MR) is 85.9 cm³/mol. The number of carbonyl (C=O) groups excluding carboxylic acids is 1. The monoisotopic (exact) mass is 349 g/mol. The first kappa shape index (κ1) is 16.9. The lowest BCUT2D eigenvalue weighted by Gasteiger charge is -2.29. The number of benzene rings is 2. The highest BCUT2D eigenvalue weighted by atomic mass is 19.4. The zero-order valence-corrected chi connectivity index (χ0v) is 13.2. The second-order valence-corrected chi connectivity index (χ2v) is 5.36. The van der Waals surface area contributed by atoms with Gasteiger partial charge in [0.05, 0.1) is 24.9 Å². The predicted octanol–water partition coefficient (Wildman–Crippen LogP) is 4.08. The number of halogens is 3. The Labute approximate surface area is 142 Å². The molecule has 0 saturated carbocycles. The first-order chi connectivity index (χ1) is 11.9. The molecule has 130 valence electrons. The SMILES string of the molecule is COc1cccc(C2=CC(=O)ON(c3ccccc3C(F)(F)F)C2)c1. The van der Waals surface area contributed by atoms with Crippen LogP contribution in [0, 0.1) is 0 Å². The lowest BCUT2D eigenvalue weighted by molar-refractivity contribution is -0.143. The maximum atomic E-state index is 13.2. The molecule has 2 aromatic carbocycles. The van der Waals surface area contributed by atoms with Gasteiger partial charge in [-0.3, -0.25) is 0 Å². The van der Waals surface area contributed by atoms with Crippen molar-refractivity contribution in [3.8, 4) is 5.75 Å². The molecule has 4 nitrogen and oxygen atoms in total. The molecule has 2 aromatic rings. The lowest BCUT2D eigenvalue weighted by Crippen LogP contribution is -2.33. The number of ether oxygens (including phenoxy) is 1. The fraction of sp³-hybridized carbons (Fsp3) is 0.167. The van der Waals surface area contributed by atoms with Gasteiger partial charge < -0.3 is 9.57 Å². The quantitative estimate of drug-likeness (QED) is 0.837. The van der Waals surface area contributed by atoms with Crippen LogP contribution in [0.15, 0.2) is 54.6 Å². The van der Waals surface area contributed by atoms with Crippen molar-refractivity contribution in [3.05, 3.63) is 65.7 Å². The molecule has 7 heteroatoms. The third-order valence-electron chi connectivity index (χ3n) is 3.72. The Morgan fingerprint density at radius 1 is 1.12 bits per heavy atom. The number of hydroxylamine groups is 1. The minimum atomic E-state index is -4.56. The largest absolute Gasteiger partial charge is 0.497 e. The molecule has 0 atom stereocenters. The molecule has 0 N–H and O–H groups in total. The molecule has 3 rings (SSSR count). The molecule has 0 saturated heterocycles. The molecule has 0 fully saturated rings. The molecule has 25 heavy (non-hydrogen) atoms. The van der Waals surface area contributed by atoms with Crippen molar-refractivity contribution in [1.29, 1.82) is 0 Å². The summed E-state index contributed by atoms with van der Waals surface area (Å²) in [5.41, 5.74) is 0.129. The first-order valence-electron chi connectivity index (χ1n) is 7.39. The molecule has 0 aromatic heterocycles. The Hall–Kier alpha value is -2.96. The number of para-hydroxylation sites is 1. The summed E-state index contributed by atoms with van der Waals surface area (Å²) in [5, 5.41) is 0.958. The summed E-state index contributed by atoms with van der Waals surface area (Å²) in [6.45, 7) is -0.00794. The Kier molecular flexibility index (Phi) is 4.39. The van der Waals surface area contributed by atoms with Crippen LogP contribution in [0.25, 0.3) is 5.57 Å². The van der Waals surface area contributed by atoms with Crippen LogP contribution in [0.4, 0.5) is 18.9 Å². The van der Waals surface area contributed by atoms with Crippen LogP contribution in [0.1, 0.15) is 11.1 Å². The van der Waals surface area contributed by atoms with Gasteiger partial charge in [0, 0.05) is 6.08 Å². The van der Waals surface area contributed by atoms with E-state index in [1.807, 2.05) is 0 Å². The molecular formula is C18H14F3NO3. The van der Waals surface area contributed by atoms with E-state index in [9.17, 15) is 18.0 Å². The maximum Gasteiger partial charge on any atom is 0.418 e. The van der Waals surface area contributed by atoms with Gasteiger partial charge >= 0.3 is 12.1 Å². The lowest BCUT2D eigenvalue weighted by atomic mass is 10.0. The van der Waals surface area contributed by atoms with Crippen molar-refractivity contribution < 1.29 is 27.5 Å². The van der Waals surface area contributed by atoms with Crippen molar-refractivity contribution in [2.24, 2.45) is 0 Å². The van der Waals surface area contributed by atoms with E-state index < -0.39 is 17.7 Å². The highest BCUT2D eigenvalue weighted by Gasteiger charge is 2.36. The summed E-state index contributed by atoms with van der Waals surface area (Å²) in [6.07, 6.45) is -3.29. The van der Waals surface area contributed by atoms with Gasteiger partial charge in [-0.2, -0.15) is 13.2 Å². The van der Waals surface area contributed by atoms with Crippen LogP contribution in [-0.2, 0) is 15.8 Å². The van der Waals surface area contributed by atoms with Crippen LogP contribution >= 0.6 is 0 Å². The molecule has 1 aliphatic rings. The fourth-order valence-electron chi connectivity index (χ4n) is 2.57. The van der Waals surface area contributed by atoms with Crippen molar-refractivity contribution in [3.63, 3.8) is 0 Å². The van der Waals surface area contributed by atoms with Gasteiger partial charge in [-0.25, -0.2) is 9.86 Å². The van der Waals surface area contributed by atoms with Gasteiger partial charge in [-0.1, -0.05) is 24.3 Å². The maximum absolute atomic E-state index is 13.2. The average molecular weight is 349 g/mol. The van der Waals surface area contributed by atoms with Gasteiger partial charge in [0.15, 0.2) is 0 Å². The van der Waals surface area contributed by atoms with E-state index in [-0.39, 0.29) is 12.2 Å². The summed E-state index contributed by atoms with van der Waals surface area (Å²) in [5.74, 6) is -0.152. The van der Waals surface area contributed by atoms with E-state index in [0.29, 0.717) is 16.9 Å². The summed E-state index contributed by atoms with van der Waals surface area (Å²) in [4.78, 5) is 16.9. The summed E-state index contributed by atoms with van der Waals surface area (Å²) < 4.78 is 44.8. The van der Waals surface area contributed by atoms with Crippen LogP contribution in [0.2, 0.25) is 0 Å². The highest BCUT2D eigenvalue weighted by Crippen LogP contribution is 2.38. The molecule has 0 amide bonds. The molecule has 0 radical (unpaired) electrons. The molecule has 1 aliphatic heterocycles. The van der Waals surface area contributed by atoms with Crippen LogP contribution < -0.4 is 9.80 Å². The summed E-state index contributed by atoms with van der Waals surface area (Å²) >= 11 is 0. The van der Waals surface area contributed by atoms with Gasteiger partial charge in [0.25, 0.3) is 0 Å². The van der Waals surface area contributed by atoms with Crippen molar-refractivity contribution >= 4 is 17.2 Å². The van der Waals surface area contributed by atoms with Crippen LogP contribution in [0.3, 0.4) is 0 Å². The normalized spacial score (nSPS) is 14.8. The number of hydrogen-bond acceptors (Lipinski definition) is 4. The third-order valence-corrected chi connectivity index (χ3v) is 3.72. The Morgan fingerprint density at radius 2 is 1.88 bits per heavy atom. The second kappa shape index (κ2) is 6.51. The van der Waals surface area contributed by atoms with E-state index in [0.717, 1.165) is 11.1 Å².